The number of fused-ring (bicyclic) bond motifs is 1. The molecule has 24 heavy (non-hydrogen) atoms. The fraction of sp³-hybridized carbons (Fsp3) is 0.381. The van der Waals surface area contributed by atoms with E-state index in [0.717, 1.165) is 3.63 Å². The number of halogens is 2. The molecule has 2 aliphatic carbocycles. The van der Waals surface area contributed by atoms with Gasteiger partial charge in [0.1, 0.15) is 0 Å². The molecule has 0 amide bonds. The summed E-state index contributed by atoms with van der Waals surface area (Å²) in [6.07, 6.45) is 14.7. The van der Waals surface area contributed by atoms with Gasteiger partial charge >= 0.3 is 143 Å². The first-order chi connectivity index (χ1) is 10.7. The fourth-order valence-corrected chi connectivity index (χ4v) is 11.6. The maximum absolute atomic E-state index is 2.65. The average molecular weight is 443 g/mol. The molecule has 0 heterocycles. The Labute approximate surface area is 167 Å². The van der Waals surface area contributed by atoms with Crippen molar-refractivity contribution in [2.24, 2.45) is 0 Å². The largest absolute Gasteiger partial charge is 0.147 e. The van der Waals surface area contributed by atoms with Crippen molar-refractivity contribution in [2.45, 2.75) is 50.1 Å². The third-order valence-electron chi connectivity index (χ3n) is 4.78. The van der Waals surface area contributed by atoms with Crippen LogP contribution in [0.15, 0.2) is 51.9 Å². The van der Waals surface area contributed by atoms with E-state index < -0.39 is 21.3 Å². The van der Waals surface area contributed by atoms with Crippen molar-refractivity contribution in [3.63, 3.8) is 0 Å². The molecule has 0 radical (unpaired) electrons. The zero-order chi connectivity index (χ0) is 15.5. The third kappa shape index (κ3) is 4.48. The Hall–Kier alpha value is -0.227. The molecule has 0 saturated heterocycles. The number of hydrogen-bond acceptors (Lipinski definition) is 0. The summed E-state index contributed by atoms with van der Waals surface area (Å²) in [4.78, 5) is 0. The molecular weight excluding hydrogens is 414 g/mol. The average Bonchev–Trinajstić information content (AvgIpc) is 3.15. The second kappa shape index (κ2) is 10.1. The first kappa shape index (κ1) is 21.8. The van der Waals surface area contributed by atoms with E-state index in [-0.39, 0.29) is 24.8 Å². The summed E-state index contributed by atoms with van der Waals surface area (Å²) in [6.45, 7) is 7.06. The Morgan fingerprint density at radius 1 is 1.17 bits per heavy atom. The Bertz CT molecular complexity index is 692. The molecule has 1 unspecified atom stereocenters. The summed E-state index contributed by atoms with van der Waals surface area (Å²) >= 11 is -1.76. The molecular formula is C21H28Cl2Zr. The molecule has 0 aromatic heterocycles. The molecule has 0 spiro atoms. The molecule has 1 aromatic rings. The smallest absolute Gasteiger partial charge is 0.147 e. The van der Waals surface area contributed by atoms with Crippen molar-refractivity contribution in [3.05, 3.63) is 63.0 Å². The van der Waals surface area contributed by atoms with Crippen LogP contribution in [0.25, 0.3) is 5.57 Å². The van der Waals surface area contributed by atoms with E-state index in [9.17, 15) is 0 Å². The summed E-state index contributed by atoms with van der Waals surface area (Å²) in [5.74, 6) is 0. The van der Waals surface area contributed by atoms with E-state index in [2.05, 4.69) is 69.3 Å². The number of hydrogen-bond donors (Lipinski definition) is 0. The Morgan fingerprint density at radius 3 is 2.54 bits per heavy atom. The van der Waals surface area contributed by atoms with Gasteiger partial charge in [0.05, 0.1) is 0 Å². The molecule has 0 fully saturated rings. The van der Waals surface area contributed by atoms with E-state index in [0.29, 0.717) is 0 Å². The van der Waals surface area contributed by atoms with Crippen LogP contribution in [0.2, 0.25) is 0 Å². The van der Waals surface area contributed by atoms with Crippen LogP contribution in [0.1, 0.15) is 61.2 Å². The zero-order valence-corrected chi connectivity index (χ0v) is 18.9. The van der Waals surface area contributed by atoms with Gasteiger partial charge in [0, 0.05) is 0 Å². The topological polar surface area (TPSA) is 0 Å². The molecule has 2 aliphatic rings. The number of rotatable bonds is 5. The van der Waals surface area contributed by atoms with E-state index in [1.807, 2.05) is 0 Å². The van der Waals surface area contributed by atoms with Crippen molar-refractivity contribution in [2.75, 3.05) is 0 Å². The quantitative estimate of drug-likeness (QED) is 0.469. The first-order valence-corrected chi connectivity index (χ1v) is 12.4. The summed E-state index contributed by atoms with van der Waals surface area (Å²) in [5, 5.41) is 0. The monoisotopic (exact) mass is 440 g/mol. The zero-order valence-electron chi connectivity index (χ0n) is 14.8. The summed E-state index contributed by atoms with van der Waals surface area (Å²) in [6, 6.07) is 9.18. The Morgan fingerprint density at radius 2 is 1.92 bits per heavy atom. The minimum Gasteiger partial charge on any atom is -0.147 e. The molecule has 1 aromatic carbocycles. The molecule has 3 heteroatoms. The Kier molecular flexibility index (Phi) is 9.14. The van der Waals surface area contributed by atoms with Gasteiger partial charge in [-0.05, 0) is 0 Å². The molecule has 0 saturated carbocycles. The normalized spacial score (nSPS) is 17.4. The van der Waals surface area contributed by atoms with Gasteiger partial charge in [-0.2, -0.15) is 0 Å². The molecule has 1 atom stereocenters. The minimum absolute atomic E-state index is 0. The standard InChI is InChI=1S/C13H15.C5H5.C3H6.2ClH.Zr/c1-2-3-6-11-9-10-12-7-4-5-8-13(11)12;1-2-4-5-3-1;1-3-2;;;/h4-5,7-10H,2-3,6H2,1H3;1-3H,4H2;1-2H3;2*1H;. The van der Waals surface area contributed by atoms with Gasteiger partial charge in [0.25, 0.3) is 0 Å². The molecule has 0 nitrogen and oxygen atoms in total. The van der Waals surface area contributed by atoms with Crippen LogP contribution in [0.4, 0.5) is 0 Å². The van der Waals surface area contributed by atoms with Crippen molar-refractivity contribution in [1.82, 2.24) is 0 Å². The van der Waals surface area contributed by atoms with Crippen LogP contribution in [-0.2, 0) is 21.3 Å². The maximum atomic E-state index is 2.65. The van der Waals surface area contributed by atoms with Crippen LogP contribution >= 0.6 is 24.8 Å². The van der Waals surface area contributed by atoms with Gasteiger partial charge in [0.15, 0.2) is 0 Å². The summed E-state index contributed by atoms with van der Waals surface area (Å²) in [5.41, 5.74) is 4.79. The molecule has 130 valence electrons. The van der Waals surface area contributed by atoms with Gasteiger partial charge in [-0.1, -0.05) is 0 Å². The Balaban J connectivity index is 0.00000144. The SMILES string of the molecule is CCCCC1=C[CH]([Zr]([C]2=CC=CC2)=[C](C)C)c2ccccc21.Cl.Cl. The van der Waals surface area contributed by atoms with Crippen LogP contribution in [0, 0.1) is 0 Å². The summed E-state index contributed by atoms with van der Waals surface area (Å²) < 4.78 is 4.22. The minimum atomic E-state index is -1.76. The van der Waals surface area contributed by atoms with Crippen LogP contribution < -0.4 is 0 Å². The van der Waals surface area contributed by atoms with E-state index in [1.54, 1.807) is 23.2 Å². The molecule has 0 N–H and O–H groups in total. The van der Waals surface area contributed by atoms with Crippen LogP contribution in [-0.4, -0.2) is 3.21 Å². The van der Waals surface area contributed by atoms with E-state index in [1.165, 1.54) is 25.7 Å². The van der Waals surface area contributed by atoms with Gasteiger partial charge in [-0.15, -0.1) is 24.8 Å². The van der Waals surface area contributed by atoms with Crippen LogP contribution in [0.5, 0.6) is 0 Å². The predicted octanol–water partition coefficient (Wildman–Crippen LogP) is 6.83. The van der Waals surface area contributed by atoms with Gasteiger partial charge < -0.3 is 0 Å². The maximum Gasteiger partial charge on any atom is -0.147 e. The van der Waals surface area contributed by atoms with E-state index in [4.69, 9.17) is 0 Å². The molecule has 0 aliphatic heterocycles. The number of unbranched alkanes of at least 4 members (excludes halogenated alkanes) is 1. The fourth-order valence-electron chi connectivity index (χ4n) is 3.74. The molecule has 3 rings (SSSR count). The van der Waals surface area contributed by atoms with Gasteiger partial charge in [-0.3, -0.25) is 0 Å². The van der Waals surface area contributed by atoms with Gasteiger partial charge in [0.2, 0.25) is 0 Å². The second-order valence-electron chi connectivity index (χ2n) is 6.60. The van der Waals surface area contributed by atoms with Gasteiger partial charge in [-0.25, -0.2) is 0 Å². The molecule has 0 bridgehead atoms. The summed E-state index contributed by atoms with van der Waals surface area (Å²) in [7, 11) is 0. The van der Waals surface area contributed by atoms with Crippen molar-refractivity contribution >= 4 is 33.6 Å². The van der Waals surface area contributed by atoms with Crippen LogP contribution in [0.3, 0.4) is 0 Å². The van der Waals surface area contributed by atoms with Crippen molar-refractivity contribution in [3.8, 4) is 0 Å². The predicted molar refractivity (Wildman–Crippen MR) is 109 cm³/mol. The van der Waals surface area contributed by atoms with Crippen molar-refractivity contribution < 1.29 is 21.3 Å². The first-order valence-electron chi connectivity index (χ1n) is 8.55. The number of allylic oxidation sites excluding steroid dienone is 6. The van der Waals surface area contributed by atoms with Crippen molar-refractivity contribution in [1.29, 1.82) is 0 Å². The third-order valence-corrected chi connectivity index (χ3v) is 12.7. The van der Waals surface area contributed by atoms with E-state index >= 15 is 0 Å². The second-order valence-corrected chi connectivity index (χ2v) is 14.2. The number of benzene rings is 1.